The molecule has 0 aliphatic carbocycles. The van der Waals surface area contributed by atoms with E-state index in [1.54, 1.807) is 18.2 Å². The molecular weight excluding hydrogens is 258 g/mol. The van der Waals surface area contributed by atoms with E-state index in [1.165, 1.54) is 0 Å². The van der Waals surface area contributed by atoms with Gasteiger partial charge in [-0.15, -0.1) is 0 Å². The zero-order valence-corrected chi connectivity index (χ0v) is 11.3. The molecule has 0 radical (unpaired) electrons. The molecule has 1 atom stereocenters. The molecule has 0 bridgehead atoms. The van der Waals surface area contributed by atoms with Gasteiger partial charge in [-0.25, -0.2) is 4.79 Å². The number of aromatic nitrogens is 1. The summed E-state index contributed by atoms with van der Waals surface area (Å²) in [5.74, 6) is -0.549. The molecule has 106 valence electrons. The summed E-state index contributed by atoms with van der Waals surface area (Å²) in [6, 6.07) is 5.09. The first-order valence-electron chi connectivity index (χ1n) is 6.76. The summed E-state index contributed by atoms with van der Waals surface area (Å²) in [5, 5.41) is 6.16. The van der Waals surface area contributed by atoms with Gasteiger partial charge in [-0.05, 0) is 50.9 Å². The largest absolute Gasteiger partial charge is 0.417 e. The van der Waals surface area contributed by atoms with Crippen molar-refractivity contribution >= 4 is 22.7 Å². The van der Waals surface area contributed by atoms with Crippen LogP contribution in [-0.4, -0.2) is 23.0 Å². The minimum Gasteiger partial charge on any atom is -0.408 e. The number of piperidine rings is 1. The number of oxazole rings is 1. The average Bonchev–Trinajstić information content (AvgIpc) is 2.79. The number of rotatable bonds is 2. The number of carbonyl (C=O) groups is 1. The summed E-state index contributed by atoms with van der Waals surface area (Å²) in [7, 11) is 0. The molecule has 1 aliphatic heterocycles. The first-order chi connectivity index (χ1) is 9.57. The molecule has 0 spiro atoms. The molecule has 1 aromatic heterocycles. The van der Waals surface area contributed by atoms with Crippen molar-refractivity contribution in [1.29, 1.82) is 0 Å². The Morgan fingerprint density at radius 1 is 1.40 bits per heavy atom. The average molecular weight is 275 g/mol. The molecule has 20 heavy (non-hydrogen) atoms. The van der Waals surface area contributed by atoms with Gasteiger partial charge in [0.25, 0.3) is 0 Å². The van der Waals surface area contributed by atoms with Crippen LogP contribution in [0.25, 0.3) is 11.1 Å². The normalized spacial score (nSPS) is 22.9. The molecule has 2 heterocycles. The number of amides is 1. The Balaban J connectivity index is 1.81. The topological polar surface area (TPSA) is 87.1 Å². The van der Waals surface area contributed by atoms with E-state index < -0.39 is 11.3 Å². The van der Waals surface area contributed by atoms with Crippen molar-refractivity contribution in [3.05, 3.63) is 28.7 Å². The van der Waals surface area contributed by atoms with E-state index in [0.717, 1.165) is 25.8 Å². The molecule has 0 saturated carbocycles. The maximum Gasteiger partial charge on any atom is 0.417 e. The number of H-pyrrole nitrogens is 1. The third-order valence-corrected chi connectivity index (χ3v) is 3.80. The van der Waals surface area contributed by atoms with E-state index in [1.807, 2.05) is 6.92 Å². The van der Waals surface area contributed by atoms with Crippen molar-refractivity contribution in [3.8, 4) is 0 Å². The number of fused-ring (bicyclic) bond motifs is 1. The lowest BCUT2D eigenvalue weighted by Gasteiger charge is -2.33. The summed E-state index contributed by atoms with van der Waals surface area (Å²) in [6.45, 7) is 2.78. The smallest absolute Gasteiger partial charge is 0.408 e. The summed E-state index contributed by atoms with van der Waals surface area (Å²) >= 11 is 0. The standard InChI is InChI=1S/C14H17N3O3/c1-14(6-2-3-7-15-14)12(18)16-9-4-5-11-10(8-9)17-13(19)20-11/h4-5,8,15H,2-3,6-7H2,1H3,(H,16,18)(H,17,19). The maximum absolute atomic E-state index is 12.4. The molecule has 1 amide bonds. The maximum atomic E-state index is 12.4. The molecule has 2 aromatic rings. The Hall–Kier alpha value is -2.08. The summed E-state index contributed by atoms with van der Waals surface area (Å²) in [4.78, 5) is 26.0. The first kappa shape index (κ1) is 12.9. The van der Waals surface area contributed by atoms with Crippen LogP contribution in [0.1, 0.15) is 26.2 Å². The lowest BCUT2D eigenvalue weighted by atomic mass is 9.90. The number of carbonyl (C=O) groups excluding carboxylic acids is 1. The Labute approximate surface area is 115 Å². The van der Waals surface area contributed by atoms with E-state index in [4.69, 9.17) is 4.42 Å². The summed E-state index contributed by atoms with van der Waals surface area (Å²) in [6.07, 6.45) is 2.97. The van der Waals surface area contributed by atoms with Crippen molar-refractivity contribution in [2.24, 2.45) is 0 Å². The van der Waals surface area contributed by atoms with Gasteiger partial charge in [0.05, 0.1) is 11.1 Å². The second-order valence-electron chi connectivity index (χ2n) is 5.40. The fourth-order valence-corrected chi connectivity index (χ4v) is 2.55. The highest BCUT2D eigenvalue weighted by Gasteiger charge is 2.34. The molecule has 1 aliphatic rings. The van der Waals surface area contributed by atoms with Crippen LogP contribution < -0.4 is 16.4 Å². The van der Waals surface area contributed by atoms with Crippen molar-refractivity contribution in [1.82, 2.24) is 10.3 Å². The van der Waals surface area contributed by atoms with Crippen LogP contribution in [0.3, 0.4) is 0 Å². The second kappa shape index (κ2) is 4.79. The van der Waals surface area contributed by atoms with E-state index >= 15 is 0 Å². The third kappa shape index (κ3) is 2.34. The lowest BCUT2D eigenvalue weighted by Crippen LogP contribution is -2.54. The zero-order chi connectivity index (χ0) is 14.2. The molecule has 6 heteroatoms. The summed E-state index contributed by atoms with van der Waals surface area (Å²) < 4.78 is 4.93. The van der Waals surface area contributed by atoms with Gasteiger partial charge in [0.1, 0.15) is 0 Å². The number of hydrogen-bond donors (Lipinski definition) is 3. The molecule has 1 saturated heterocycles. The van der Waals surface area contributed by atoms with Gasteiger partial charge in [-0.2, -0.15) is 0 Å². The van der Waals surface area contributed by atoms with Gasteiger partial charge in [0.15, 0.2) is 5.58 Å². The first-order valence-corrected chi connectivity index (χ1v) is 6.76. The number of benzene rings is 1. The fraction of sp³-hybridized carbons (Fsp3) is 0.429. The second-order valence-corrected chi connectivity index (χ2v) is 5.40. The zero-order valence-electron chi connectivity index (χ0n) is 11.3. The number of anilines is 1. The van der Waals surface area contributed by atoms with Gasteiger partial charge >= 0.3 is 5.76 Å². The van der Waals surface area contributed by atoms with E-state index in [2.05, 4.69) is 15.6 Å². The molecule has 3 rings (SSSR count). The van der Waals surface area contributed by atoms with E-state index in [9.17, 15) is 9.59 Å². The highest BCUT2D eigenvalue weighted by molar-refractivity contribution is 5.99. The van der Waals surface area contributed by atoms with Crippen LogP contribution in [0.15, 0.2) is 27.4 Å². The van der Waals surface area contributed by atoms with Crippen LogP contribution in [0, 0.1) is 0 Å². The van der Waals surface area contributed by atoms with Gasteiger partial charge in [-0.3, -0.25) is 9.78 Å². The minimum absolute atomic E-state index is 0.0533. The minimum atomic E-state index is -0.531. The van der Waals surface area contributed by atoms with Gasteiger partial charge in [0, 0.05) is 5.69 Å². The number of aromatic amines is 1. The Morgan fingerprint density at radius 3 is 3.00 bits per heavy atom. The van der Waals surface area contributed by atoms with Crippen LogP contribution in [0.4, 0.5) is 5.69 Å². The van der Waals surface area contributed by atoms with Crippen molar-refractivity contribution in [2.45, 2.75) is 31.7 Å². The molecule has 1 fully saturated rings. The SMILES string of the molecule is CC1(C(=O)Nc2ccc3oc(=O)[nH]c3c2)CCCCN1. The highest BCUT2D eigenvalue weighted by Crippen LogP contribution is 2.22. The number of hydrogen-bond acceptors (Lipinski definition) is 4. The number of nitrogens with one attached hydrogen (secondary N) is 3. The predicted octanol–water partition coefficient (Wildman–Crippen LogP) is 1.59. The summed E-state index contributed by atoms with van der Waals surface area (Å²) in [5.41, 5.74) is 1.18. The Morgan fingerprint density at radius 2 is 2.25 bits per heavy atom. The fourth-order valence-electron chi connectivity index (χ4n) is 2.55. The quantitative estimate of drug-likeness (QED) is 0.776. The Bertz CT molecular complexity index is 695. The van der Waals surface area contributed by atoms with E-state index in [0.29, 0.717) is 16.8 Å². The highest BCUT2D eigenvalue weighted by atomic mass is 16.4. The van der Waals surface area contributed by atoms with Crippen LogP contribution in [0.2, 0.25) is 0 Å². The van der Waals surface area contributed by atoms with Crippen molar-refractivity contribution in [2.75, 3.05) is 11.9 Å². The van der Waals surface area contributed by atoms with Gasteiger partial charge < -0.3 is 15.1 Å². The molecule has 3 N–H and O–H groups in total. The van der Waals surface area contributed by atoms with Crippen molar-refractivity contribution in [3.63, 3.8) is 0 Å². The van der Waals surface area contributed by atoms with Crippen LogP contribution in [0.5, 0.6) is 0 Å². The monoisotopic (exact) mass is 275 g/mol. The third-order valence-electron chi connectivity index (χ3n) is 3.80. The van der Waals surface area contributed by atoms with E-state index in [-0.39, 0.29) is 5.91 Å². The van der Waals surface area contributed by atoms with Gasteiger partial charge in [-0.1, -0.05) is 0 Å². The Kier molecular flexibility index (Phi) is 3.10. The molecule has 1 aromatic carbocycles. The van der Waals surface area contributed by atoms with Gasteiger partial charge in [0.2, 0.25) is 5.91 Å². The van der Waals surface area contributed by atoms with Crippen LogP contribution in [-0.2, 0) is 4.79 Å². The van der Waals surface area contributed by atoms with Crippen molar-refractivity contribution < 1.29 is 9.21 Å². The molecule has 1 unspecified atom stereocenters. The lowest BCUT2D eigenvalue weighted by molar-refractivity contribution is -0.122. The van der Waals surface area contributed by atoms with Crippen LogP contribution >= 0.6 is 0 Å². The molecule has 6 nitrogen and oxygen atoms in total. The molecular formula is C14H17N3O3. The predicted molar refractivity (Wildman–Crippen MR) is 75.7 cm³/mol.